The Morgan fingerprint density at radius 2 is 1.77 bits per heavy atom. The lowest BCUT2D eigenvalue weighted by atomic mass is 9.43. The van der Waals surface area contributed by atoms with E-state index in [4.69, 9.17) is 9.31 Å². The summed E-state index contributed by atoms with van der Waals surface area (Å²) in [4.78, 5) is 43.4. The highest BCUT2D eigenvalue weighted by Crippen LogP contribution is 2.66. The molecule has 3 saturated carbocycles. The third kappa shape index (κ3) is 4.50. The van der Waals surface area contributed by atoms with Crippen molar-refractivity contribution in [3.63, 3.8) is 0 Å². The number of hydrogen-bond acceptors (Lipinski definition) is 5. The van der Waals surface area contributed by atoms with E-state index in [2.05, 4.69) is 26.1 Å². The quantitative estimate of drug-likeness (QED) is 0.566. The second-order valence-corrected chi connectivity index (χ2v) is 13.2. The first kappa shape index (κ1) is 26.8. The summed E-state index contributed by atoms with van der Waals surface area (Å²) in [5.74, 6) is 0.569. The van der Waals surface area contributed by atoms with Crippen LogP contribution < -0.4 is 5.32 Å². The number of hydrogen-bond donors (Lipinski definition) is 1. The van der Waals surface area contributed by atoms with Crippen molar-refractivity contribution in [1.29, 1.82) is 0 Å². The predicted octanol–water partition coefficient (Wildman–Crippen LogP) is 2.98. The van der Waals surface area contributed by atoms with Gasteiger partial charge in [0.1, 0.15) is 12.1 Å². The van der Waals surface area contributed by atoms with Crippen LogP contribution in [0.4, 0.5) is 0 Å². The Morgan fingerprint density at radius 3 is 2.49 bits per heavy atom. The summed E-state index contributed by atoms with van der Waals surface area (Å²) in [6.45, 7) is 9.53. The van der Waals surface area contributed by atoms with E-state index in [1.165, 1.54) is 13.3 Å². The molecule has 3 saturated heterocycles. The van der Waals surface area contributed by atoms with Gasteiger partial charge in [0, 0.05) is 26.4 Å². The molecule has 1 N–H and O–H groups in total. The van der Waals surface area contributed by atoms with Crippen molar-refractivity contribution in [2.24, 2.45) is 17.3 Å². The summed E-state index contributed by atoms with van der Waals surface area (Å²) in [6, 6.07) is 8.46. The van der Waals surface area contributed by atoms with Crippen LogP contribution in [0.5, 0.6) is 0 Å². The van der Waals surface area contributed by atoms with Crippen LogP contribution in [0.2, 0.25) is 0 Å². The smallest absolute Gasteiger partial charge is 0.404 e. The molecule has 7 rings (SSSR count). The van der Waals surface area contributed by atoms with E-state index in [0.717, 1.165) is 31.2 Å². The first-order valence-electron chi connectivity index (χ1n) is 14.8. The van der Waals surface area contributed by atoms with Gasteiger partial charge < -0.3 is 24.4 Å². The van der Waals surface area contributed by atoms with Gasteiger partial charge in [0.05, 0.1) is 17.6 Å². The minimum absolute atomic E-state index is 0.0125. The van der Waals surface area contributed by atoms with Crippen LogP contribution >= 0.6 is 0 Å². The van der Waals surface area contributed by atoms with Crippen molar-refractivity contribution in [1.82, 2.24) is 15.1 Å². The fourth-order valence-corrected chi connectivity index (χ4v) is 8.39. The van der Waals surface area contributed by atoms with E-state index in [-0.39, 0.29) is 40.8 Å². The maximum absolute atomic E-state index is 14.0. The van der Waals surface area contributed by atoms with Crippen LogP contribution in [-0.4, -0.2) is 77.5 Å². The van der Waals surface area contributed by atoms with E-state index in [0.29, 0.717) is 37.8 Å². The summed E-state index contributed by atoms with van der Waals surface area (Å²) in [5, 5.41) is 2.84. The standard InChI is InChI=1S/C30H42BN3O5/c1-19(35)32-22(16-20-10-6-5-7-11-20)27(36)33-14-8-12-23(33)28(37)34-15-9-13-26(34)31-38-25-18-21-17-24(29(21,2)3)30(25,4)39-31/h5-7,10-11,21-26H,8-9,12-18H2,1-4H3,(H,32,35)/t21-,22+,23-,24-,25+,26-,30-/m0/s1. The Labute approximate surface area is 232 Å². The van der Waals surface area contributed by atoms with Gasteiger partial charge in [-0.25, -0.2) is 0 Å². The molecule has 3 heterocycles. The number of benzene rings is 1. The van der Waals surface area contributed by atoms with Gasteiger partial charge in [-0.1, -0.05) is 44.2 Å². The average Bonchev–Trinajstić information content (AvgIpc) is 3.65. The Kier molecular flexibility index (Phi) is 6.82. The van der Waals surface area contributed by atoms with Gasteiger partial charge in [0.15, 0.2) is 0 Å². The summed E-state index contributed by atoms with van der Waals surface area (Å²) in [6.07, 6.45) is 5.85. The van der Waals surface area contributed by atoms with Crippen molar-refractivity contribution in [3.8, 4) is 0 Å². The van der Waals surface area contributed by atoms with Gasteiger partial charge in [-0.3, -0.25) is 14.4 Å². The summed E-state index contributed by atoms with van der Waals surface area (Å²) in [7, 11) is -0.419. The second-order valence-electron chi connectivity index (χ2n) is 13.2. The molecule has 2 bridgehead atoms. The van der Waals surface area contributed by atoms with Crippen molar-refractivity contribution in [2.75, 3.05) is 13.1 Å². The molecule has 39 heavy (non-hydrogen) atoms. The molecule has 0 aromatic heterocycles. The molecular weight excluding hydrogens is 493 g/mol. The van der Waals surface area contributed by atoms with Gasteiger partial charge >= 0.3 is 7.12 Å². The van der Waals surface area contributed by atoms with Crippen molar-refractivity contribution in [3.05, 3.63) is 35.9 Å². The van der Waals surface area contributed by atoms with Gasteiger partial charge in [-0.05, 0) is 68.3 Å². The topological polar surface area (TPSA) is 88.2 Å². The van der Waals surface area contributed by atoms with Gasteiger partial charge in [-0.2, -0.15) is 0 Å². The van der Waals surface area contributed by atoms with E-state index >= 15 is 0 Å². The Bertz CT molecular complexity index is 1130. The highest BCUT2D eigenvalue weighted by molar-refractivity contribution is 6.48. The number of amides is 3. The number of rotatable bonds is 6. The molecule has 0 unspecified atom stereocenters. The Balaban J connectivity index is 1.16. The number of likely N-dealkylation sites (tertiary alicyclic amines) is 2. The summed E-state index contributed by atoms with van der Waals surface area (Å²) < 4.78 is 13.3. The molecular formula is C30H42BN3O5. The van der Waals surface area contributed by atoms with Crippen molar-refractivity contribution >= 4 is 24.8 Å². The van der Waals surface area contributed by atoms with Crippen LogP contribution in [0, 0.1) is 17.3 Å². The molecule has 6 aliphatic rings. The predicted molar refractivity (Wildman–Crippen MR) is 147 cm³/mol. The zero-order valence-corrected chi connectivity index (χ0v) is 23.7. The third-order valence-electron chi connectivity index (χ3n) is 10.6. The minimum Gasteiger partial charge on any atom is -0.404 e. The molecule has 0 spiro atoms. The molecule has 1 aromatic rings. The van der Waals surface area contributed by atoms with Crippen LogP contribution in [0.3, 0.4) is 0 Å². The molecule has 8 nitrogen and oxygen atoms in total. The van der Waals surface area contributed by atoms with E-state index < -0.39 is 19.2 Å². The summed E-state index contributed by atoms with van der Waals surface area (Å²) >= 11 is 0. The largest absolute Gasteiger partial charge is 0.481 e. The number of carbonyl (C=O) groups is 3. The molecule has 9 heteroatoms. The minimum atomic E-state index is -0.702. The van der Waals surface area contributed by atoms with Crippen molar-refractivity contribution in [2.45, 2.75) is 102 Å². The summed E-state index contributed by atoms with van der Waals surface area (Å²) in [5.41, 5.74) is 0.931. The van der Waals surface area contributed by atoms with Crippen molar-refractivity contribution < 1.29 is 23.7 Å². The number of carbonyl (C=O) groups excluding carboxylic acids is 3. The Morgan fingerprint density at radius 1 is 1.05 bits per heavy atom. The van der Waals surface area contributed by atoms with Gasteiger partial charge in [-0.15, -0.1) is 0 Å². The Hall–Kier alpha value is -2.39. The lowest BCUT2D eigenvalue weighted by Crippen LogP contribution is -2.65. The average molecular weight is 535 g/mol. The molecule has 3 amide bonds. The number of nitrogens with one attached hydrogen (secondary N) is 1. The third-order valence-corrected chi connectivity index (χ3v) is 10.6. The maximum Gasteiger partial charge on any atom is 0.481 e. The SMILES string of the molecule is CC(=O)N[C@H](Cc1ccccc1)C(=O)N1CCC[C@H]1C(=O)N1CCC[C@H]1B1O[C@@H]2C[C@@H]3C[C@@H](C3(C)C)[C@]2(C)O1. The van der Waals surface area contributed by atoms with E-state index in [9.17, 15) is 14.4 Å². The van der Waals surface area contributed by atoms with Gasteiger partial charge in [0.2, 0.25) is 17.7 Å². The molecule has 0 radical (unpaired) electrons. The van der Waals surface area contributed by atoms with Crippen LogP contribution in [0.25, 0.3) is 0 Å². The normalized spacial score (nSPS) is 35.4. The fourth-order valence-electron chi connectivity index (χ4n) is 8.39. The first-order chi connectivity index (χ1) is 18.6. The fraction of sp³-hybridized carbons (Fsp3) is 0.700. The zero-order valence-electron chi connectivity index (χ0n) is 23.7. The van der Waals surface area contributed by atoms with Crippen LogP contribution in [0.1, 0.15) is 71.8 Å². The first-order valence-corrected chi connectivity index (χ1v) is 14.8. The molecule has 210 valence electrons. The molecule has 7 atom stereocenters. The molecule has 6 fully saturated rings. The lowest BCUT2D eigenvalue weighted by Gasteiger charge is -2.64. The highest BCUT2D eigenvalue weighted by Gasteiger charge is 2.69. The van der Waals surface area contributed by atoms with E-state index in [1.54, 1.807) is 4.90 Å². The molecule has 3 aliphatic carbocycles. The zero-order chi connectivity index (χ0) is 27.5. The molecule has 3 aliphatic heterocycles. The van der Waals surface area contributed by atoms with Gasteiger partial charge in [0.25, 0.3) is 0 Å². The van der Waals surface area contributed by atoms with E-state index in [1.807, 2.05) is 35.2 Å². The van der Waals surface area contributed by atoms with Crippen LogP contribution in [-0.2, 0) is 30.1 Å². The van der Waals surface area contributed by atoms with Crippen LogP contribution in [0.15, 0.2) is 30.3 Å². The lowest BCUT2D eigenvalue weighted by molar-refractivity contribution is -0.199. The highest BCUT2D eigenvalue weighted by atomic mass is 16.7. The monoisotopic (exact) mass is 535 g/mol. The maximum atomic E-state index is 14.0. The molecule has 1 aromatic carbocycles. The second kappa shape index (κ2) is 9.91. The number of nitrogens with zero attached hydrogens (tertiary/aromatic N) is 2.